The molecule has 0 saturated heterocycles. The molecule has 3 aromatic rings. The minimum Gasteiger partial charge on any atom is -0.335 e. The molecule has 3 rings (SSSR count). The second-order valence-corrected chi connectivity index (χ2v) is 3.92. The maximum Gasteiger partial charge on any atom is 0.174 e. The number of nitrogens with one attached hydrogen (secondary N) is 2. The van der Waals surface area contributed by atoms with Gasteiger partial charge >= 0.3 is 0 Å². The molecular weight excluding hydrogens is 200 g/mol. The van der Waals surface area contributed by atoms with Crippen molar-refractivity contribution in [2.75, 3.05) is 0 Å². The van der Waals surface area contributed by atoms with Crippen LogP contribution in [0.2, 0.25) is 0 Å². The summed E-state index contributed by atoms with van der Waals surface area (Å²) in [5, 5.41) is 7.17. The Hall–Kier alpha value is -2.10. The fraction of sp³-hybridized carbons (Fsp3) is 0.167. The topological polar surface area (TPSA) is 57.4 Å². The van der Waals surface area contributed by atoms with Gasteiger partial charge in [-0.3, -0.25) is 5.10 Å². The number of benzene rings is 1. The number of H-pyrrole nitrogens is 2. The Morgan fingerprint density at radius 1 is 1.19 bits per heavy atom. The van der Waals surface area contributed by atoms with E-state index in [1.54, 1.807) is 0 Å². The van der Waals surface area contributed by atoms with Crippen molar-refractivity contribution in [1.29, 1.82) is 0 Å². The van der Waals surface area contributed by atoms with Gasteiger partial charge in [0.15, 0.2) is 6.33 Å². The zero-order valence-corrected chi connectivity index (χ0v) is 9.13. The van der Waals surface area contributed by atoms with Crippen LogP contribution in [0.1, 0.15) is 11.1 Å². The predicted molar refractivity (Wildman–Crippen MR) is 62.0 cm³/mol. The van der Waals surface area contributed by atoms with Gasteiger partial charge in [0.1, 0.15) is 0 Å². The van der Waals surface area contributed by atoms with E-state index in [0.717, 1.165) is 27.9 Å². The summed E-state index contributed by atoms with van der Waals surface area (Å²) in [4.78, 5) is 7.24. The Kier molecular flexibility index (Phi) is 1.83. The van der Waals surface area contributed by atoms with Gasteiger partial charge in [0.05, 0.1) is 16.7 Å². The van der Waals surface area contributed by atoms with Crippen molar-refractivity contribution in [2.24, 2.45) is 0 Å². The Labute approximate surface area is 92.7 Å². The lowest BCUT2D eigenvalue weighted by molar-refractivity contribution is 1.09. The van der Waals surface area contributed by atoms with Crippen LogP contribution >= 0.6 is 0 Å². The van der Waals surface area contributed by atoms with E-state index in [9.17, 15) is 0 Å². The molecule has 0 spiro atoms. The molecule has 79 valence electrons. The van der Waals surface area contributed by atoms with Gasteiger partial charge in [0, 0.05) is 11.8 Å². The predicted octanol–water partition coefficient (Wildman–Crippen LogP) is 2.37. The summed E-state index contributed by atoms with van der Waals surface area (Å²) in [5.41, 5.74) is 6.25. The molecular formula is C12H11N4. The standard InChI is InChI=1S/C12H11N4/c1-7-3-4-9-12(14-6-13-9)10(7)11-8(2)5-15-16-11/h3-5H,1-2H3,(H,13,14)(H,15,16). The second-order valence-electron chi connectivity index (χ2n) is 3.92. The first kappa shape index (κ1) is 9.15. The highest BCUT2D eigenvalue weighted by molar-refractivity contribution is 5.93. The maximum absolute atomic E-state index is 4.28. The summed E-state index contributed by atoms with van der Waals surface area (Å²) >= 11 is 0. The number of fused-ring (bicyclic) bond motifs is 1. The number of nitrogens with zero attached hydrogens (tertiary/aromatic N) is 2. The maximum atomic E-state index is 4.28. The van der Waals surface area contributed by atoms with Crippen LogP contribution in [0.15, 0.2) is 18.3 Å². The van der Waals surface area contributed by atoms with E-state index in [0.29, 0.717) is 0 Å². The second kappa shape index (κ2) is 3.20. The molecule has 0 fully saturated rings. The van der Waals surface area contributed by atoms with E-state index in [1.807, 2.05) is 19.2 Å². The van der Waals surface area contributed by atoms with Crippen LogP contribution in [0.25, 0.3) is 22.3 Å². The molecule has 0 saturated carbocycles. The van der Waals surface area contributed by atoms with Crippen LogP contribution in [0, 0.1) is 20.2 Å². The van der Waals surface area contributed by atoms with Crippen molar-refractivity contribution in [2.45, 2.75) is 13.8 Å². The Bertz CT molecular complexity index is 648. The van der Waals surface area contributed by atoms with E-state index in [-0.39, 0.29) is 0 Å². The molecule has 0 amide bonds. The summed E-state index contributed by atoms with van der Waals surface area (Å²) in [5.74, 6) is 0. The third-order valence-corrected chi connectivity index (χ3v) is 2.81. The highest BCUT2D eigenvalue weighted by atomic mass is 15.1. The van der Waals surface area contributed by atoms with Gasteiger partial charge in [0.25, 0.3) is 0 Å². The molecule has 4 nitrogen and oxygen atoms in total. The van der Waals surface area contributed by atoms with Crippen LogP contribution in [0.4, 0.5) is 0 Å². The first-order valence-corrected chi connectivity index (χ1v) is 5.13. The van der Waals surface area contributed by atoms with Gasteiger partial charge in [0.2, 0.25) is 0 Å². The van der Waals surface area contributed by atoms with Gasteiger partial charge in [-0.15, -0.1) is 0 Å². The average molecular weight is 211 g/mol. The van der Waals surface area contributed by atoms with Gasteiger partial charge in [-0.05, 0) is 31.0 Å². The number of aromatic amines is 2. The quantitative estimate of drug-likeness (QED) is 0.649. The number of aromatic nitrogens is 4. The molecule has 0 bridgehead atoms. The van der Waals surface area contributed by atoms with Crippen LogP contribution in [-0.4, -0.2) is 20.2 Å². The zero-order valence-electron chi connectivity index (χ0n) is 9.13. The summed E-state index contributed by atoms with van der Waals surface area (Å²) in [7, 11) is 0. The number of rotatable bonds is 1. The van der Waals surface area contributed by atoms with Crippen LogP contribution in [-0.2, 0) is 0 Å². The van der Waals surface area contributed by atoms with Crippen molar-refractivity contribution in [3.05, 3.63) is 35.8 Å². The summed E-state index contributed by atoms with van der Waals surface area (Å²) in [6.07, 6.45) is 4.67. The molecule has 2 aromatic heterocycles. The van der Waals surface area contributed by atoms with Gasteiger partial charge < -0.3 is 4.98 Å². The van der Waals surface area contributed by atoms with Crippen molar-refractivity contribution in [1.82, 2.24) is 20.2 Å². The fourth-order valence-electron chi connectivity index (χ4n) is 1.96. The third kappa shape index (κ3) is 1.16. The van der Waals surface area contributed by atoms with Crippen molar-refractivity contribution < 1.29 is 0 Å². The molecule has 0 aliphatic heterocycles. The molecule has 1 radical (unpaired) electrons. The highest BCUT2D eigenvalue weighted by Gasteiger charge is 2.13. The molecule has 0 aliphatic rings. The monoisotopic (exact) mass is 211 g/mol. The first-order chi connectivity index (χ1) is 7.77. The largest absolute Gasteiger partial charge is 0.335 e. The highest BCUT2D eigenvalue weighted by Crippen LogP contribution is 2.30. The van der Waals surface area contributed by atoms with Gasteiger partial charge in [-0.25, -0.2) is 4.98 Å². The van der Waals surface area contributed by atoms with Crippen molar-refractivity contribution >= 4 is 11.0 Å². The Morgan fingerprint density at radius 3 is 2.81 bits per heavy atom. The molecule has 1 aromatic carbocycles. The summed E-state index contributed by atoms with van der Waals surface area (Å²) in [6, 6.07) is 4.08. The summed E-state index contributed by atoms with van der Waals surface area (Å²) in [6.45, 7) is 4.10. The molecule has 4 heteroatoms. The van der Waals surface area contributed by atoms with Crippen LogP contribution in [0.3, 0.4) is 0 Å². The number of hydrogen-bond donors (Lipinski definition) is 2. The number of aryl methyl sites for hydroxylation is 2. The average Bonchev–Trinajstić information content (AvgIpc) is 2.87. The van der Waals surface area contributed by atoms with Gasteiger partial charge in [-0.2, -0.15) is 5.10 Å². The molecule has 2 N–H and O–H groups in total. The van der Waals surface area contributed by atoms with E-state index >= 15 is 0 Å². The lowest BCUT2D eigenvalue weighted by Crippen LogP contribution is -1.88. The first-order valence-electron chi connectivity index (χ1n) is 5.13. The normalized spacial score (nSPS) is 11.1. The number of imidazole rings is 1. The lowest BCUT2D eigenvalue weighted by atomic mass is 10.0. The SMILES string of the molecule is Cc1c[nH]nc1-c1c(C)ccc2[nH][c]nc12. The molecule has 16 heavy (non-hydrogen) atoms. The van der Waals surface area contributed by atoms with Crippen LogP contribution in [0.5, 0.6) is 0 Å². The minimum absolute atomic E-state index is 0.926. The van der Waals surface area contributed by atoms with E-state index in [1.165, 1.54) is 5.56 Å². The number of hydrogen-bond acceptors (Lipinski definition) is 2. The molecule has 0 aliphatic carbocycles. The molecule has 0 unspecified atom stereocenters. The third-order valence-electron chi connectivity index (χ3n) is 2.81. The molecule has 0 atom stereocenters. The Balaban J connectivity index is 2.42. The van der Waals surface area contributed by atoms with E-state index in [2.05, 4.69) is 39.5 Å². The minimum atomic E-state index is 0.926. The fourth-order valence-corrected chi connectivity index (χ4v) is 1.96. The van der Waals surface area contributed by atoms with Crippen molar-refractivity contribution in [3.63, 3.8) is 0 Å². The lowest BCUT2D eigenvalue weighted by Gasteiger charge is -2.04. The Morgan fingerprint density at radius 2 is 2.06 bits per heavy atom. The molecule has 2 heterocycles. The van der Waals surface area contributed by atoms with Crippen molar-refractivity contribution in [3.8, 4) is 11.3 Å². The smallest absolute Gasteiger partial charge is 0.174 e. The van der Waals surface area contributed by atoms with Crippen LogP contribution < -0.4 is 0 Å². The zero-order chi connectivity index (χ0) is 11.1. The summed E-state index contributed by atoms with van der Waals surface area (Å²) < 4.78 is 0. The van der Waals surface area contributed by atoms with Gasteiger partial charge in [-0.1, -0.05) is 6.07 Å². The van der Waals surface area contributed by atoms with E-state index in [4.69, 9.17) is 0 Å². The van der Waals surface area contributed by atoms with E-state index < -0.39 is 0 Å².